The summed E-state index contributed by atoms with van der Waals surface area (Å²) in [6.07, 6.45) is 1.22. The Bertz CT molecular complexity index is 1460. The number of sulfone groups is 1. The topological polar surface area (TPSA) is 65.4 Å². The Morgan fingerprint density at radius 2 is 1.66 bits per heavy atom. The Labute approximate surface area is 183 Å². The quantitative estimate of drug-likeness (QED) is 0.428. The maximum Gasteiger partial charge on any atom is 0.211 e. The Hall–Kier alpha value is -3.52. The number of pyridine rings is 1. The average molecular weight is 455 g/mol. The van der Waals surface area contributed by atoms with E-state index in [9.17, 15) is 22.0 Å². The fourth-order valence-corrected chi connectivity index (χ4v) is 4.87. The van der Waals surface area contributed by atoms with Crippen LogP contribution in [0.4, 0.5) is 8.78 Å². The fourth-order valence-electron chi connectivity index (χ4n) is 3.51. The van der Waals surface area contributed by atoms with Gasteiger partial charge >= 0.3 is 0 Å². The summed E-state index contributed by atoms with van der Waals surface area (Å²) in [6, 6.07) is 15.1. The van der Waals surface area contributed by atoms with E-state index in [2.05, 4.69) is 0 Å². The summed E-state index contributed by atoms with van der Waals surface area (Å²) in [5.74, 6) is -0.612. The molecule has 0 aliphatic carbocycles. The summed E-state index contributed by atoms with van der Waals surface area (Å²) in [6.45, 7) is 2.32. The zero-order chi connectivity index (χ0) is 22.9. The van der Waals surface area contributed by atoms with E-state index in [0.717, 1.165) is 6.07 Å². The average Bonchev–Trinajstić information content (AvgIpc) is 2.76. The van der Waals surface area contributed by atoms with Gasteiger partial charge in [0.1, 0.15) is 22.3 Å². The number of benzene rings is 3. The lowest BCUT2D eigenvalue weighted by atomic mass is 10.1. The molecule has 0 radical (unpaired) electrons. The standard InChI is InChI=1S/C24H19F2NO4S/c1-2-31-19-7-9-20(10-8-19)32(29,30)23-15-27(14-16-4-3-5-17(25)12-16)22-11-6-18(26)13-21(22)24(23)28/h3-13,15H,2,14H2,1H3. The van der Waals surface area contributed by atoms with Crippen molar-refractivity contribution in [1.29, 1.82) is 0 Å². The predicted molar refractivity (Wildman–Crippen MR) is 117 cm³/mol. The van der Waals surface area contributed by atoms with Crippen molar-refractivity contribution in [3.63, 3.8) is 0 Å². The summed E-state index contributed by atoms with van der Waals surface area (Å²) < 4.78 is 61.0. The number of ether oxygens (including phenoxy) is 1. The van der Waals surface area contributed by atoms with Crippen LogP contribution in [0.1, 0.15) is 12.5 Å². The second-order valence-corrected chi connectivity index (χ2v) is 9.07. The third-order valence-corrected chi connectivity index (χ3v) is 6.75. The van der Waals surface area contributed by atoms with Crippen LogP contribution in [-0.4, -0.2) is 19.6 Å². The zero-order valence-electron chi connectivity index (χ0n) is 17.1. The van der Waals surface area contributed by atoms with Gasteiger partial charge in [-0.05, 0) is 67.1 Å². The minimum Gasteiger partial charge on any atom is -0.494 e. The maximum atomic E-state index is 13.9. The molecule has 0 atom stereocenters. The molecule has 0 N–H and O–H groups in total. The SMILES string of the molecule is CCOc1ccc(S(=O)(=O)c2cn(Cc3cccc(F)c3)c3ccc(F)cc3c2=O)cc1. The molecule has 4 aromatic rings. The largest absolute Gasteiger partial charge is 0.494 e. The molecule has 8 heteroatoms. The van der Waals surface area contributed by atoms with Crippen LogP contribution in [0.25, 0.3) is 10.9 Å². The second-order valence-electron chi connectivity index (χ2n) is 7.15. The first-order valence-corrected chi connectivity index (χ1v) is 11.3. The van der Waals surface area contributed by atoms with Crippen molar-refractivity contribution in [3.05, 3.63) is 100 Å². The maximum absolute atomic E-state index is 13.9. The first-order valence-electron chi connectivity index (χ1n) is 9.84. The smallest absolute Gasteiger partial charge is 0.211 e. The number of hydrogen-bond donors (Lipinski definition) is 0. The number of aromatic nitrogens is 1. The summed E-state index contributed by atoms with van der Waals surface area (Å²) in [5, 5.41) is -0.0755. The summed E-state index contributed by atoms with van der Waals surface area (Å²) >= 11 is 0. The highest BCUT2D eigenvalue weighted by Gasteiger charge is 2.24. The lowest BCUT2D eigenvalue weighted by molar-refractivity contribution is 0.340. The van der Waals surface area contributed by atoms with Gasteiger partial charge in [-0.25, -0.2) is 17.2 Å². The minimum absolute atomic E-state index is 0.0755. The van der Waals surface area contributed by atoms with Gasteiger partial charge in [-0.15, -0.1) is 0 Å². The molecule has 0 spiro atoms. The van der Waals surface area contributed by atoms with Gasteiger partial charge in [-0.3, -0.25) is 4.79 Å². The Kier molecular flexibility index (Phi) is 5.80. The van der Waals surface area contributed by atoms with Crippen LogP contribution >= 0.6 is 0 Å². The number of halogens is 2. The third kappa shape index (κ3) is 4.13. The van der Waals surface area contributed by atoms with E-state index in [-0.39, 0.29) is 16.8 Å². The number of hydrogen-bond acceptors (Lipinski definition) is 4. The Morgan fingerprint density at radius 3 is 2.34 bits per heavy atom. The van der Waals surface area contributed by atoms with Gasteiger partial charge in [0.15, 0.2) is 0 Å². The van der Waals surface area contributed by atoms with Crippen molar-refractivity contribution in [2.24, 2.45) is 0 Å². The van der Waals surface area contributed by atoms with Crippen LogP contribution < -0.4 is 10.2 Å². The minimum atomic E-state index is -4.21. The number of rotatable bonds is 6. The van der Waals surface area contributed by atoms with Crippen molar-refractivity contribution in [2.45, 2.75) is 23.3 Å². The predicted octanol–water partition coefficient (Wildman–Crippen LogP) is 4.56. The Balaban J connectivity index is 1.90. The van der Waals surface area contributed by atoms with E-state index in [0.29, 0.717) is 23.4 Å². The summed E-state index contributed by atoms with van der Waals surface area (Å²) in [4.78, 5) is 12.5. The van der Waals surface area contributed by atoms with Crippen molar-refractivity contribution >= 4 is 20.7 Å². The molecule has 32 heavy (non-hydrogen) atoms. The van der Waals surface area contributed by atoms with E-state index in [4.69, 9.17) is 4.74 Å². The van der Waals surface area contributed by atoms with Crippen LogP contribution in [0.3, 0.4) is 0 Å². The van der Waals surface area contributed by atoms with Crippen molar-refractivity contribution in [3.8, 4) is 5.75 Å². The zero-order valence-corrected chi connectivity index (χ0v) is 17.9. The molecule has 3 aromatic carbocycles. The molecule has 5 nitrogen and oxygen atoms in total. The lowest BCUT2D eigenvalue weighted by Gasteiger charge is -2.14. The monoisotopic (exact) mass is 455 g/mol. The van der Waals surface area contributed by atoms with Gasteiger partial charge in [-0.2, -0.15) is 0 Å². The first kappa shape index (κ1) is 21.7. The Morgan fingerprint density at radius 1 is 0.938 bits per heavy atom. The molecule has 0 aliphatic heterocycles. The molecule has 1 aromatic heterocycles. The summed E-state index contributed by atoms with van der Waals surface area (Å²) in [5.41, 5.74) is 0.0962. The van der Waals surface area contributed by atoms with Gasteiger partial charge < -0.3 is 9.30 Å². The molecular formula is C24H19F2NO4S. The van der Waals surface area contributed by atoms with Crippen molar-refractivity contribution in [2.75, 3.05) is 6.61 Å². The fraction of sp³-hybridized carbons (Fsp3) is 0.125. The molecule has 0 fully saturated rings. The molecule has 0 bridgehead atoms. The highest BCUT2D eigenvalue weighted by atomic mass is 32.2. The van der Waals surface area contributed by atoms with Crippen LogP contribution in [0.15, 0.2) is 87.5 Å². The normalized spacial score (nSPS) is 11.6. The molecule has 0 amide bonds. The molecule has 0 saturated heterocycles. The van der Waals surface area contributed by atoms with Gasteiger partial charge in [0.2, 0.25) is 15.3 Å². The van der Waals surface area contributed by atoms with Gasteiger partial charge in [-0.1, -0.05) is 12.1 Å². The molecule has 1 heterocycles. The number of nitrogens with zero attached hydrogens (tertiary/aromatic N) is 1. The molecule has 0 saturated carbocycles. The summed E-state index contributed by atoms with van der Waals surface area (Å²) in [7, 11) is -4.21. The second kappa shape index (κ2) is 8.55. The molecule has 0 unspecified atom stereocenters. The lowest BCUT2D eigenvalue weighted by Crippen LogP contribution is -2.20. The van der Waals surface area contributed by atoms with E-state index in [1.165, 1.54) is 65.4 Å². The van der Waals surface area contributed by atoms with Crippen LogP contribution in [0.2, 0.25) is 0 Å². The number of fused-ring (bicyclic) bond motifs is 1. The van der Waals surface area contributed by atoms with Gasteiger partial charge in [0.05, 0.1) is 17.0 Å². The molecular weight excluding hydrogens is 436 g/mol. The first-order chi connectivity index (χ1) is 15.3. The highest BCUT2D eigenvalue weighted by Crippen LogP contribution is 2.24. The molecule has 0 aliphatic rings. The highest BCUT2D eigenvalue weighted by molar-refractivity contribution is 7.91. The van der Waals surface area contributed by atoms with E-state index >= 15 is 0 Å². The third-order valence-electron chi connectivity index (χ3n) is 4.99. The van der Waals surface area contributed by atoms with Gasteiger partial charge in [0.25, 0.3) is 0 Å². The molecule has 164 valence electrons. The van der Waals surface area contributed by atoms with Crippen molar-refractivity contribution < 1.29 is 21.9 Å². The van der Waals surface area contributed by atoms with Crippen LogP contribution in [-0.2, 0) is 16.4 Å². The van der Waals surface area contributed by atoms with E-state index in [1.54, 1.807) is 13.0 Å². The molecule has 4 rings (SSSR count). The van der Waals surface area contributed by atoms with Crippen LogP contribution in [0.5, 0.6) is 5.75 Å². The van der Waals surface area contributed by atoms with Crippen LogP contribution in [0, 0.1) is 11.6 Å². The van der Waals surface area contributed by atoms with Crippen molar-refractivity contribution in [1.82, 2.24) is 4.57 Å². The van der Waals surface area contributed by atoms with E-state index < -0.39 is 31.8 Å². The van der Waals surface area contributed by atoms with Gasteiger partial charge in [0, 0.05) is 18.1 Å². The van der Waals surface area contributed by atoms with E-state index in [1.807, 2.05) is 0 Å².